The van der Waals surface area contributed by atoms with Crippen LogP contribution in [0.15, 0.2) is 79.1 Å². The van der Waals surface area contributed by atoms with Crippen LogP contribution < -0.4 is 21.1 Å². The van der Waals surface area contributed by atoms with Gasteiger partial charge in [0.25, 0.3) is 0 Å². The number of carbonyl (C=O) groups is 1. The van der Waals surface area contributed by atoms with Crippen molar-refractivity contribution in [3.63, 3.8) is 0 Å². The first-order valence-electron chi connectivity index (χ1n) is 10.5. The Kier molecular flexibility index (Phi) is 5.74. The van der Waals surface area contributed by atoms with Gasteiger partial charge in [-0.25, -0.2) is 14.4 Å². The normalized spacial score (nSPS) is 11.2. The van der Waals surface area contributed by atoms with Gasteiger partial charge < -0.3 is 16.2 Å². The number of pyridine rings is 1. The highest BCUT2D eigenvalue weighted by molar-refractivity contribution is 5.99. The number of nitrogen functional groups attached to an aromatic ring is 1. The molecule has 168 valence electrons. The van der Waals surface area contributed by atoms with E-state index in [0.717, 1.165) is 11.4 Å². The van der Waals surface area contributed by atoms with Gasteiger partial charge in [-0.1, -0.05) is 32.9 Å². The summed E-state index contributed by atoms with van der Waals surface area (Å²) in [6.45, 7) is 6.17. The molecular weight excluding hydrogens is 416 g/mol. The van der Waals surface area contributed by atoms with Crippen molar-refractivity contribution in [3.05, 3.63) is 84.8 Å². The number of benzene rings is 2. The third-order valence-corrected chi connectivity index (χ3v) is 5.03. The molecule has 33 heavy (non-hydrogen) atoms. The number of ether oxygens (including phenoxy) is 1. The maximum Gasteiger partial charge on any atom is 0.325 e. The maximum atomic E-state index is 12.8. The molecule has 0 aliphatic heterocycles. The molecule has 0 aliphatic rings. The zero-order valence-corrected chi connectivity index (χ0v) is 18.8. The molecule has 0 aliphatic carbocycles. The van der Waals surface area contributed by atoms with Crippen molar-refractivity contribution < 1.29 is 9.53 Å². The van der Waals surface area contributed by atoms with E-state index in [4.69, 9.17) is 21.3 Å². The van der Waals surface area contributed by atoms with E-state index in [2.05, 4.69) is 25.8 Å². The molecule has 2 aromatic carbocycles. The minimum atomic E-state index is -0.669. The minimum Gasteiger partial charge on any atom is -0.455 e. The molecule has 0 bridgehead atoms. The summed E-state index contributed by atoms with van der Waals surface area (Å²) in [4.78, 5) is 18.2. The Morgan fingerprint density at radius 1 is 1.00 bits per heavy atom. The highest BCUT2D eigenvalue weighted by atomic mass is 16.5. The van der Waals surface area contributed by atoms with E-state index in [0.29, 0.717) is 28.7 Å². The Bertz CT molecular complexity index is 1260. The smallest absolute Gasteiger partial charge is 0.325 e. The van der Waals surface area contributed by atoms with Crippen molar-refractivity contribution in [1.82, 2.24) is 14.8 Å². The number of nitrogens with zero attached hydrogens (tertiary/aromatic N) is 4. The van der Waals surface area contributed by atoms with Crippen molar-refractivity contribution in [1.29, 1.82) is 0 Å². The van der Waals surface area contributed by atoms with Crippen LogP contribution in [0, 0.1) is 0 Å². The molecule has 8 heteroatoms. The van der Waals surface area contributed by atoms with Crippen LogP contribution in [-0.4, -0.2) is 20.8 Å². The molecule has 0 spiro atoms. The lowest BCUT2D eigenvalue weighted by Crippen LogP contribution is -2.33. The first-order valence-corrected chi connectivity index (χ1v) is 10.5. The summed E-state index contributed by atoms with van der Waals surface area (Å²) >= 11 is 0. The van der Waals surface area contributed by atoms with Crippen LogP contribution in [0.3, 0.4) is 0 Å². The fourth-order valence-electron chi connectivity index (χ4n) is 3.32. The first-order chi connectivity index (χ1) is 15.7. The Hall–Kier alpha value is -4.33. The van der Waals surface area contributed by atoms with Gasteiger partial charge >= 0.3 is 6.03 Å². The molecule has 4 N–H and O–H groups in total. The van der Waals surface area contributed by atoms with E-state index in [1.54, 1.807) is 53.5 Å². The average molecular weight is 443 g/mol. The zero-order valence-electron chi connectivity index (χ0n) is 18.8. The lowest BCUT2D eigenvalue weighted by Gasteiger charge is -2.23. The number of urea groups is 1. The van der Waals surface area contributed by atoms with Crippen LogP contribution in [0.25, 0.3) is 5.69 Å². The summed E-state index contributed by atoms with van der Waals surface area (Å²) in [6.07, 6.45) is 3.27. The molecule has 4 aromatic rings. The van der Waals surface area contributed by atoms with E-state index in [1.165, 1.54) is 4.90 Å². The monoisotopic (exact) mass is 442 g/mol. The number of anilines is 3. The van der Waals surface area contributed by atoms with Gasteiger partial charge in [0.2, 0.25) is 0 Å². The second-order valence-electron chi connectivity index (χ2n) is 8.57. The number of nitrogens with two attached hydrogens (primary N) is 2. The average Bonchev–Trinajstić information content (AvgIpc) is 3.22. The van der Waals surface area contributed by atoms with Gasteiger partial charge in [-0.3, -0.25) is 4.98 Å². The van der Waals surface area contributed by atoms with Gasteiger partial charge in [0.1, 0.15) is 11.6 Å². The number of carbonyl (C=O) groups excluding carboxylic acids is 1. The predicted molar refractivity (Wildman–Crippen MR) is 129 cm³/mol. The molecule has 2 amide bonds. The van der Waals surface area contributed by atoms with Crippen molar-refractivity contribution in [2.75, 3.05) is 10.6 Å². The van der Waals surface area contributed by atoms with Gasteiger partial charge in [0, 0.05) is 29.6 Å². The van der Waals surface area contributed by atoms with Crippen LogP contribution in [-0.2, 0) is 5.41 Å². The molecule has 8 nitrogen and oxygen atoms in total. The zero-order chi connectivity index (χ0) is 23.6. The van der Waals surface area contributed by atoms with Crippen LogP contribution in [0.2, 0.25) is 0 Å². The summed E-state index contributed by atoms with van der Waals surface area (Å²) in [6, 6.07) is 19.1. The number of hydrogen-bond acceptors (Lipinski definition) is 5. The molecule has 0 fully saturated rings. The summed E-state index contributed by atoms with van der Waals surface area (Å²) in [5, 5.41) is 4.80. The van der Waals surface area contributed by atoms with Gasteiger partial charge in [0.05, 0.1) is 17.1 Å². The molecule has 0 unspecified atom stereocenters. The SMILES string of the molecule is CC(C)(C)c1cc(N(C(N)=O)c2ccccc2Oc2ccncc2)n(-c2ccc(N)cc2)n1. The number of hydrogen-bond donors (Lipinski definition) is 2. The van der Waals surface area contributed by atoms with Crippen LogP contribution in [0.4, 0.5) is 22.0 Å². The highest BCUT2D eigenvalue weighted by Gasteiger charge is 2.28. The van der Waals surface area contributed by atoms with E-state index in [1.807, 2.05) is 30.3 Å². The third-order valence-electron chi connectivity index (χ3n) is 5.03. The van der Waals surface area contributed by atoms with Crippen LogP contribution in [0.5, 0.6) is 11.5 Å². The van der Waals surface area contributed by atoms with Crippen LogP contribution >= 0.6 is 0 Å². The fraction of sp³-hybridized carbons (Fsp3) is 0.160. The van der Waals surface area contributed by atoms with Crippen molar-refractivity contribution in [2.45, 2.75) is 26.2 Å². The van der Waals surface area contributed by atoms with Gasteiger partial charge in [-0.15, -0.1) is 0 Å². The molecule has 0 saturated heterocycles. The standard InChI is InChI=1S/C25H26N6O2/c1-25(2,3)22-16-23(31(29-22)18-10-8-17(26)9-11-18)30(24(27)32)20-6-4-5-7-21(20)33-19-12-14-28-15-13-19/h4-16H,26H2,1-3H3,(H2,27,32). The minimum absolute atomic E-state index is 0.260. The van der Waals surface area contributed by atoms with Crippen molar-refractivity contribution >= 4 is 23.2 Å². The number of rotatable bonds is 5. The predicted octanol–water partition coefficient (Wildman–Crippen LogP) is 5.16. The second kappa shape index (κ2) is 8.66. The molecule has 0 radical (unpaired) electrons. The van der Waals surface area contributed by atoms with E-state index in [9.17, 15) is 4.79 Å². The van der Waals surface area contributed by atoms with Crippen molar-refractivity contribution in [2.24, 2.45) is 5.73 Å². The summed E-state index contributed by atoms with van der Waals surface area (Å²) in [5.41, 5.74) is 14.2. The maximum absolute atomic E-state index is 12.8. The first kappa shape index (κ1) is 21.9. The Morgan fingerprint density at radius 2 is 1.67 bits per heavy atom. The molecular formula is C25H26N6O2. The van der Waals surface area contributed by atoms with Gasteiger partial charge in [0.15, 0.2) is 5.75 Å². The topological polar surface area (TPSA) is 112 Å². The van der Waals surface area contributed by atoms with E-state index in [-0.39, 0.29) is 5.41 Å². The Morgan fingerprint density at radius 3 is 2.30 bits per heavy atom. The molecule has 0 saturated carbocycles. The summed E-state index contributed by atoms with van der Waals surface area (Å²) in [7, 11) is 0. The number of para-hydroxylation sites is 2. The number of aromatic nitrogens is 3. The third kappa shape index (κ3) is 4.64. The molecule has 0 atom stereocenters. The fourth-order valence-corrected chi connectivity index (χ4v) is 3.32. The largest absolute Gasteiger partial charge is 0.455 e. The van der Waals surface area contributed by atoms with Crippen molar-refractivity contribution in [3.8, 4) is 17.2 Å². The molecule has 2 aromatic heterocycles. The molecule has 2 heterocycles. The summed E-state index contributed by atoms with van der Waals surface area (Å²) in [5.74, 6) is 1.54. The second-order valence-corrected chi connectivity index (χ2v) is 8.57. The highest BCUT2D eigenvalue weighted by Crippen LogP contribution is 2.38. The van der Waals surface area contributed by atoms with E-state index < -0.39 is 6.03 Å². The number of primary amides is 1. The van der Waals surface area contributed by atoms with Gasteiger partial charge in [-0.2, -0.15) is 5.10 Å². The number of amides is 2. The summed E-state index contributed by atoms with van der Waals surface area (Å²) < 4.78 is 7.75. The quantitative estimate of drug-likeness (QED) is 0.415. The Labute approximate surface area is 192 Å². The van der Waals surface area contributed by atoms with Crippen LogP contribution in [0.1, 0.15) is 26.5 Å². The lowest BCUT2D eigenvalue weighted by atomic mass is 9.92. The lowest BCUT2D eigenvalue weighted by molar-refractivity contribution is 0.255. The molecule has 4 rings (SSSR count). The Balaban J connectivity index is 1.88. The van der Waals surface area contributed by atoms with E-state index >= 15 is 0 Å². The van der Waals surface area contributed by atoms with Gasteiger partial charge in [-0.05, 0) is 48.5 Å².